The van der Waals surface area contributed by atoms with Crippen molar-refractivity contribution >= 4 is 22.5 Å². The van der Waals surface area contributed by atoms with Gasteiger partial charge in [-0.25, -0.2) is 9.59 Å². The maximum atomic E-state index is 12.8. The molecule has 4 bridgehead atoms. The fraction of sp³-hybridized carbons (Fsp3) is 0.625. The minimum atomic E-state index is -4.78. The number of nitrogens with zero attached hydrogens (tertiary/aromatic N) is 8. The lowest BCUT2D eigenvalue weighted by Crippen LogP contribution is -2.41. The molecule has 0 saturated carbocycles. The summed E-state index contributed by atoms with van der Waals surface area (Å²) in [7, 11) is -4.78. The number of carbonyl (C=O) groups is 2. The Bertz CT molecular complexity index is 1070. The molecule has 16 nitrogen and oxygen atoms in total. The van der Waals surface area contributed by atoms with Crippen LogP contribution in [0.4, 0.5) is 9.59 Å². The standard InChI is InChI=1S/C16H18N8O8S/c25-15-21-5-9(1-3-11(21)13-19-17-7-29-13)23(15)31-33(27,28)32-24-10-2-4-12(14-20-18-8-30-14)22(6-10)16(24)26/h7-12H,1-6H2/t9-,10-,11+,12+/m1/s1. The van der Waals surface area contributed by atoms with Gasteiger partial charge in [-0.1, -0.05) is 0 Å². The Balaban J connectivity index is 1.15. The zero-order valence-electron chi connectivity index (χ0n) is 17.0. The van der Waals surface area contributed by atoms with Crippen LogP contribution in [0.1, 0.15) is 49.5 Å². The van der Waals surface area contributed by atoms with E-state index in [4.69, 9.17) is 17.4 Å². The number of amides is 4. The van der Waals surface area contributed by atoms with Gasteiger partial charge < -0.3 is 18.6 Å². The fourth-order valence-electron chi connectivity index (χ4n) is 4.84. The lowest BCUT2D eigenvalue weighted by atomic mass is 10.0. The largest absolute Gasteiger partial charge is 0.442 e. The smallest absolute Gasteiger partial charge is 0.426 e. The Labute approximate surface area is 186 Å². The SMILES string of the molecule is O=C1N2C[C@@H](CC[C@H]2c2nnco2)N1OS(=O)(=O)ON1C(=O)N2C[C@H]1CC[C@H]2c1nnco1. The molecule has 4 amide bonds. The summed E-state index contributed by atoms with van der Waals surface area (Å²) in [5, 5.41) is 16.5. The minimum Gasteiger partial charge on any atom is -0.426 e. The van der Waals surface area contributed by atoms with Gasteiger partial charge in [0.2, 0.25) is 24.6 Å². The first-order valence-corrected chi connectivity index (χ1v) is 11.6. The molecule has 6 heterocycles. The Morgan fingerprint density at radius 2 is 1.24 bits per heavy atom. The van der Waals surface area contributed by atoms with Crippen molar-refractivity contribution in [2.75, 3.05) is 13.1 Å². The summed E-state index contributed by atoms with van der Waals surface area (Å²) in [5.74, 6) is 0.532. The Kier molecular flexibility index (Phi) is 4.53. The number of rotatable bonds is 6. The average Bonchev–Trinajstić information content (AvgIpc) is 3.60. The molecule has 33 heavy (non-hydrogen) atoms. The van der Waals surface area contributed by atoms with Gasteiger partial charge in [-0.15, -0.1) is 29.0 Å². The van der Waals surface area contributed by atoms with Crippen molar-refractivity contribution in [2.24, 2.45) is 0 Å². The second-order valence-electron chi connectivity index (χ2n) is 8.13. The monoisotopic (exact) mass is 482 g/mol. The molecule has 0 aromatic carbocycles. The van der Waals surface area contributed by atoms with Gasteiger partial charge in [0, 0.05) is 13.1 Å². The average molecular weight is 482 g/mol. The number of fused-ring (bicyclic) bond motifs is 4. The van der Waals surface area contributed by atoms with Crippen LogP contribution in [0.5, 0.6) is 0 Å². The van der Waals surface area contributed by atoms with Gasteiger partial charge in [0.25, 0.3) is 0 Å². The summed E-state index contributed by atoms with van der Waals surface area (Å²) in [6, 6.07) is -3.29. The second kappa shape index (κ2) is 7.35. The van der Waals surface area contributed by atoms with Crippen molar-refractivity contribution in [3.05, 3.63) is 24.6 Å². The van der Waals surface area contributed by atoms with Gasteiger partial charge in [-0.3, -0.25) is 0 Å². The van der Waals surface area contributed by atoms with Crippen LogP contribution < -0.4 is 0 Å². The van der Waals surface area contributed by atoms with E-state index in [0.717, 1.165) is 22.9 Å². The van der Waals surface area contributed by atoms with E-state index in [9.17, 15) is 18.0 Å². The van der Waals surface area contributed by atoms with Crippen LogP contribution in [-0.2, 0) is 19.0 Å². The molecule has 4 aliphatic heterocycles. The predicted octanol–water partition coefficient (Wildman–Crippen LogP) is 0.143. The highest BCUT2D eigenvalue weighted by molar-refractivity contribution is 7.81. The molecular weight excluding hydrogens is 464 g/mol. The summed E-state index contributed by atoms with van der Waals surface area (Å²) in [6.07, 6.45) is 4.23. The van der Waals surface area contributed by atoms with E-state index in [2.05, 4.69) is 20.4 Å². The molecule has 2 aromatic heterocycles. The first-order valence-electron chi connectivity index (χ1n) is 10.3. The van der Waals surface area contributed by atoms with Crippen LogP contribution >= 0.6 is 0 Å². The number of piperidine rings is 2. The van der Waals surface area contributed by atoms with E-state index in [1.807, 2.05) is 0 Å². The highest BCUT2D eigenvalue weighted by atomic mass is 32.3. The number of carbonyl (C=O) groups excluding carboxylic acids is 2. The molecule has 2 aromatic rings. The van der Waals surface area contributed by atoms with Crippen LogP contribution in [0.15, 0.2) is 21.6 Å². The van der Waals surface area contributed by atoms with Crippen LogP contribution in [0.3, 0.4) is 0 Å². The van der Waals surface area contributed by atoms with E-state index in [1.54, 1.807) is 0 Å². The first-order chi connectivity index (χ1) is 15.9. The van der Waals surface area contributed by atoms with E-state index < -0.39 is 46.6 Å². The molecule has 4 atom stereocenters. The van der Waals surface area contributed by atoms with E-state index >= 15 is 0 Å². The molecule has 0 unspecified atom stereocenters. The summed E-state index contributed by atoms with van der Waals surface area (Å²) in [5.41, 5.74) is 0. The lowest BCUT2D eigenvalue weighted by molar-refractivity contribution is -0.0841. The number of hydrogen-bond acceptors (Lipinski definition) is 12. The third kappa shape index (κ3) is 3.30. The van der Waals surface area contributed by atoms with Gasteiger partial charge in [0.05, 0.1) is 12.1 Å². The second-order valence-corrected chi connectivity index (χ2v) is 9.24. The van der Waals surface area contributed by atoms with E-state index in [1.165, 1.54) is 9.80 Å². The van der Waals surface area contributed by atoms with Crippen molar-refractivity contribution in [2.45, 2.75) is 49.9 Å². The van der Waals surface area contributed by atoms with Gasteiger partial charge >= 0.3 is 22.5 Å². The van der Waals surface area contributed by atoms with Crippen LogP contribution in [0, 0.1) is 0 Å². The van der Waals surface area contributed by atoms with Crippen LogP contribution in [-0.4, -0.2) is 86.0 Å². The van der Waals surface area contributed by atoms with E-state index in [0.29, 0.717) is 25.7 Å². The topological polar surface area (TPSA) is 178 Å². The van der Waals surface area contributed by atoms with Crippen molar-refractivity contribution < 1.29 is 35.4 Å². The minimum absolute atomic E-state index is 0.228. The van der Waals surface area contributed by atoms with Crippen LogP contribution in [0.25, 0.3) is 0 Å². The quantitative estimate of drug-likeness (QED) is 0.545. The van der Waals surface area contributed by atoms with Gasteiger partial charge in [-0.05, 0) is 25.7 Å². The van der Waals surface area contributed by atoms with Crippen molar-refractivity contribution in [3.8, 4) is 0 Å². The van der Waals surface area contributed by atoms with E-state index in [-0.39, 0.29) is 24.9 Å². The normalized spacial score (nSPS) is 29.5. The molecule has 0 aliphatic carbocycles. The third-order valence-electron chi connectivity index (χ3n) is 6.31. The fourth-order valence-corrected chi connectivity index (χ4v) is 5.63. The number of hydroxylamine groups is 4. The molecule has 176 valence electrons. The molecular formula is C16H18N8O8S. The van der Waals surface area contributed by atoms with Gasteiger partial charge in [0.1, 0.15) is 12.1 Å². The predicted molar refractivity (Wildman–Crippen MR) is 99.1 cm³/mol. The van der Waals surface area contributed by atoms with Crippen molar-refractivity contribution in [1.29, 1.82) is 0 Å². The molecule has 17 heteroatoms. The Hall–Kier alpha value is -3.31. The van der Waals surface area contributed by atoms with Crippen LogP contribution in [0.2, 0.25) is 0 Å². The van der Waals surface area contributed by atoms with Crippen molar-refractivity contribution in [3.63, 3.8) is 0 Å². The van der Waals surface area contributed by atoms with Gasteiger partial charge in [0.15, 0.2) is 0 Å². The summed E-state index contributed by atoms with van der Waals surface area (Å²) < 4.78 is 45.8. The maximum Gasteiger partial charge on any atom is 0.442 e. The summed E-state index contributed by atoms with van der Waals surface area (Å²) in [4.78, 5) is 28.5. The first kappa shape index (κ1) is 20.3. The molecule has 0 radical (unpaired) electrons. The lowest BCUT2D eigenvalue weighted by Gasteiger charge is -2.27. The Morgan fingerprint density at radius 3 is 1.64 bits per heavy atom. The Morgan fingerprint density at radius 1 is 0.788 bits per heavy atom. The zero-order valence-corrected chi connectivity index (χ0v) is 17.8. The highest BCUT2D eigenvalue weighted by Crippen LogP contribution is 2.40. The van der Waals surface area contributed by atoms with Gasteiger partial charge in [-0.2, -0.15) is 18.5 Å². The highest BCUT2D eigenvalue weighted by Gasteiger charge is 2.52. The number of aromatic nitrogens is 4. The summed E-state index contributed by atoms with van der Waals surface area (Å²) >= 11 is 0. The molecule has 4 fully saturated rings. The zero-order chi connectivity index (χ0) is 22.7. The maximum absolute atomic E-state index is 12.8. The van der Waals surface area contributed by atoms with Crippen molar-refractivity contribution in [1.82, 2.24) is 40.3 Å². The third-order valence-corrected chi connectivity index (χ3v) is 7.00. The summed E-state index contributed by atoms with van der Waals surface area (Å²) in [6.45, 7) is 0.457. The number of urea groups is 2. The molecule has 0 N–H and O–H groups in total. The molecule has 4 saturated heterocycles. The molecule has 6 rings (SSSR count). The number of hydrogen-bond donors (Lipinski definition) is 0. The molecule has 4 aliphatic rings. The molecule has 0 spiro atoms.